The molecule has 0 radical (unpaired) electrons. The smallest absolute Gasteiger partial charge is 0.0253 e. The zero-order chi connectivity index (χ0) is 15.4. The molecule has 1 nitrogen and oxygen atoms in total. The fraction of sp³-hybridized carbons (Fsp3) is 0.429. The zero-order valence-corrected chi connectivity index (χ0v) is 13.6. The van der Waals surface area contributed by atoms with E-state index in [1.165, 1.54) is 54.4 Å². The van der Waals surface area contributed by atoms with Gasteiger partial charge in [-0.25, -0.2) is 0 Å². The van der Waals surface area contributed by atoms with Gasteiger partial charge in [-0.15, -0.1) is 0 Å². The molecule has 0 heterocycles. The lowest BCUT2D eigenvalue weighted by molar-refractivity contribution is 0.508. The van der Waals surface area contributed by atoms with Crippen LogP contribution in [-0.2, 0) is 0 Å². The molecule has 0 amide bonds. The number of unbranched alkanes of at least 4 members (excludes halogenated alkanes) is 4. The highest BCUT2D eigenvalue weighted by molar-refractivity contribution is 5.79. The second kappa shape index (κ2) is 7.11. The Morgan fingerprint density at radius 3 is 1.95 bits per heavy atom. The number of nitrogens with two attached hydrogens (primary N) is 1. The molecule has 3 rings (SSSR count). The van der Waals surface area contributed by atoms with Gasteiger partial charge in [-0.2, -0.15) is 0 Å². The van der Waals surface area contributed by atoms with Gasteiger partial charge in [-0.3, -0.25) is 0 Å². The summed E-state index contributed by atoms with van der Waals surface area (Å²) in [6.45, 7) is 2.26. The van der Waals surface area contributed by atoms with Gasteiger partial charge in [0, 0.05) is 12.0 Å². The van der Waals surface area contributed by atoms with Gasteiger partial charge in [-0.05, 0) is 28.7 Å². The number of fused-ring (bicyclic) bond motifs is 3. The van der Waals surface area contributed by atoms with Crippen LogP contribution in [0.25, 0.3) is 11.1 Å². The predicted molar refractivity (Wildman–Crippen MR) is 95.1 cm³/mol. The first-order chi connectivity index (χ1) is 10.8. The first-order valence-electron chi connectivity index (χ1n) is 8.76. The minimum atomic E-state index is 0.228. The third kappa shape index (κ3) is 2.96. The molecule has 22 heavy (non-hydrogen) atoms. The van der Waals surface area contributed by atoms with Crippen LogP contribution in [0.2, 0.25) is 0 Å². The summed E-state index contributed by atoms with van der Waals surface area (Å²) in [5, 5.41) is 0. The average molecular weight is 293 g/mol. The van der Waals surface area contributed by atoms with Gasteiger partial charge >= 0.3 is 0 Å². The summed E-state index contributed by atoms with van der Waals surface area (Å²) < 4.78 is 0. The van der Waals surface area contributed by atoms with E-state index in [2.05, 4.69) is 55.5 Å². The fourth-order valence-corrected chi connectivity index (χ4v) is 3.81. The quantitative estimate of drug-likeness (QED) is 0.671. The SMILES string of the molecule is CCCCCCCC(N)C1c2ccccc2-c2ccccc21. The van der Waals surface area contributed by atoms with E-state index in [4.69, 9.17) is 5.73 Å². The Morgan fingerprint density at radius 1 is 0.818 bits per heavy atom. The molecule has 1 heteroatoms. The van der Waals surface area contributed by atoms with Gasteiger partial charge in [0.15, 0.2) is 0 Å². The molecular weight excluding hydrogens is 266 g/mol. The van der Waals surface area contributed by atoms with E-state index in [1.54, 1.807) is 0 Å². The third-order valence-electron chi connectivity index (χ3n) is 4.95. The number of benzene rings is 2. The van der Waals surface area contributed by atoms with Crippen molar-refractivity contribution in [1.29, 1.82) is 0 Å². The molecule has 2 aromatic carbocycles. The lowest BCUT2D eigenvalue weighted by Crippen LogP contribution is -2.28. The second-order valence-corrected chi connectivity index (χ2v) is 6.52. The van der Waals surface area contributed by atoms with Crippen molar-refractivity contribution >= 4 is 0 Å². The summed E-state index contributed by atoms with van der Waals surface area (Å²) >= 11 is 0. The van der Waals surface area contributed by atoms with Crippen molar-refractivity contribution in [2.75, 3.05) is 0 Å². The van der Waals surface area contributed by atoms with Crippen molar-refractivity contribution < 1.29 is 0 Å². The molecule has 1 aliphatic carbocycles. The molecule has 0 fully saturated rings. The van der Waals surface area contributed by atoms with Crippen LogP contribution >= 0.6 is 0 Å². The Balaban J connectivity index is 1.75. The highest BCUT2D eigenvalue weighted by atomic mass is 14.7. The summed E-state index contributed by atoms with van der Waals surface area (Å²) in [5.41, 5.74) is 12.2. The molecule has 1 unspecified atom stereocenters. The number of rotatable bonds is 7. The standard InChI is InChI=1S/C21H27N/c1-2-3-4-5-6-15-20(22)21-18-13-9-7-11-16(18)17-12-8-10-14-19(17)21/h7-14,20-21H,2-6,15,22H2,1H3. The Morgan fingerprint density at radius 2 is 1.36 bits per heavy atom. The Kier molecular flexibility index (Phi) is 4.94. The molecule has 0 saturated carbocycles. The Bertz CT molecular complexity index is 571. The van der Waals surface area contributed by atoms with Crippen molar-refractivity contribution in [3.05, 3.63) is 59.7 Å². The van der Waals surface area contributed by atoms with Gasteiger partial charge in [0.25, 0.3) is 0 Å². The van der Waals surface area contributed by atoms with Crippen molar-refractivity contribution in [1.82, 2.24) is 0 Å². The molecule has 0 bridgehead atoms. The van der Waals surface area contributed by atoms with E-state index in [1.807, 2.05) is 0 Å². The maximum atomic E-state index is 6.62. The van der Waals surface area contributed by atoms with Crippen molar-refractivity contribution in [2.24, 2.45) is 5.73 Å². The number of hydrogen-bond donors (Lipinski definition) is 1. The first-order valence-corrected chi connectivity index (χ1v) is 8.76. The van der Waals surface area contributed by atoms with E-state index in [0.717, 1.165) is 6.42 Å². The molecule has 1 aliphatic rings. The molecule has 0 saturated heterocycles. The second-order valence-electron chi connectivity index (χ2n) is 6.52. The lowest BCUT2D eigenvalue weighted by Gasteiger charge is -2.22. The summed E-state index contributed by atoms with van der Waals surface area (Å²) in [6, 6.07) is 17.8. The fourth-order valence-electron chi connectivity index (χ4n) is 3.81. The minimum absolute atomic E-state index is 0.228. The summed E-state index contributed by atoms with van der Waals surface area (Å²) in [5.74, 6) is 0.374. The van der Waals surface area contributed by atoms with Crippen LogP contribution in [0.1, 0.15) is 62.5 Å². The third-order valence-corrected chi connectivity index (χ3v) is 4.95. The van der Waals surface area contributed by atoms with Crippen LogP contribution < -0.4 is 5.73 Å². The van der Waals surface area contributed by atoms with Crippen LogP contribution in [0.4, 0.5) is 0 Å². The van der Waals surface area contributed by atoms with Gasteiger partial charge in [0.1, 0.15) is 0 Å². The van der Waals surface area contributed by atoms with Crippen molar-refractivity contribution in [2.45, 2.75) is 57.4 Å². The van der Waals surface area contributed by atoms with Gasteiger partial charge in [0.2, 0.25) is 0 Å². The van der Waals surface area contributed by atoms with Crippen LogP contribution in [0.5, 0.6) is 0 Å². The van der Waals surface area contributed by atoms with Crippen molar-refractivity contribution in [3.63, 3.8) is 0 Å². The maximum absolute atomic E-state index is 6.62. The normalized spacial score (nSPS) is 14.6. The van der Waals surface area contributed by atoms with E-state index in [0.29, 0.717) is 5.92 Å². The van der Waals surface area contributed by atoms with Crippen LogP contribution in [-0.4, -0.2) is 6.04 Å². The Labute approximate surface area is 134 Å². The zero-order valence-electron chi connectivity index (χ0n) is 13.6. The molecule has 116 valence electrons. The maximum Gasteiger partial charge on any atom is 0.0253 e. The molecule has 1 atom stereocenters. The molecule has 0 aliphatic heterocycles. The van der Waals surface area contributed by atoms with E-state index < -0.39 is 0 Å². The largest absolute Gasteiger partial charge is 0.327 e. The minimum Gasteiger partial charge on any atom is -0.327 e. The monoisotopic (exact) mass is 293 g/mol. The van der Waals surface area contributed by atoms with E-state index >= 15 is 0 Å². The highest BCUT2D eigenvalue weighted by Gasteiger charge is 2.31. The van der Waals surface area contributed by atoms with Gasteiger partial charge in [0.05, 0.1) is 0 Å². The molecule has 0 spiro atoms. The van der Waals surface area contributed by atoms with Gasteiger partial charge in [-0.1, -0.05) is 87.6 Å². The summed E-state index contributed by atoms with van der Waals surface area (Å²) in [7, 11) is 0. The molecule has 0 aromatic heterocycles. The molecular formula is C21H27N. The van der Waals surface area contributed by atoms with Crippen LogP contribution in [0.3, 0.4) is 0 Å². The Hall–Kier alpha value is -1.60. The average Bonchev–Trinajstić information content (AvgIpc) is 2.89. The van der Waals surface area contributed by atoms with Gasteiger partial charge < -0.3 is 5.73 Å². The lowest BCUT2D eigenvalue weighted by atomic mass is 9.87. The first kappa shape index (κ1) is 15.3. The van der Waals surface area contributed by atoms with Crippen LogP contribution in [0.15, 0.2) is 48.5 Å². The van der Waals surface area contributed by atoms with Crippen LogP contribution in [0, 0.1) is 0 Å². The number of hydrogen-bond acceptors (Lipinski definition) is 1. The molecule has 2 aromatic rings. The molecule has 2 N–H and O–H groups in total. The van der Waals surface area contributed by atoms with E-state index in [-0.39, 0.29) is 6.04 Å². The summed E-state index contributed by atoms with van der Waals surface area (Å²) in [6.07, 6.45) is 7.69. The summed E-state index contributed by atoms with van der Waals surface area (Å²) in [4.78, 5) is 0. The topological polar surface area (TPSA) is 26.0 Å². The predicted octanol–water partition coefficient (Wildman–Crippen LogP) is 5.49. The van der Waals surface area contributed by atoms with E-state index in [9.17, 15) is 0 Å². The van der Waals surface area contributed by atoms with Crippen molar-refractivity contribution in [3.8, 4) is 11.1 Å². The highest BCUT2D eigenvalue weighted by Crippen LogP contribution is 2.46.